The van der Waals surface area contributed by atoms with Gasteiger partial charge in [0, 0.05) is 18.9 Å². The number of anilines is 1. The minimum absolute atomic E-state index is 0.331. The molecule has 2 aromatic heterocycles. The fourth-order valence-corrected chi connectivity index (χ4v) is 1.52. The van der Waals surface area contributed by atoms with E-state index in [1.165, 1.54) is 0 Å². The summed E-state index contributed by atoms with van der Waals surface area (Å²) < 4.78 is 7.15. The van der Waals surface area contributed by atoms with Gasteiger partial charge < -0.3 is 10.1 Å². The highest BCUT2D eigenvalue weighted by Gasteiger charge is 2.09. The molecule has 0 aliphatic heterocycles. The van der Waals surface area contributed by atoms with Crippen LogP contribution in [0, 0.1) is 0 Å². The summed E-state index contributed by atoms with van der Waals surface area (Å²) in [6, 6.07) is 2.15. The first-order chi connectivity index (χ1) is 9.83. The summed E-state index contributed by atoms with van der Waals surface area (Å²) in [4.78, 5) is 12.9. The SMILES string of the molecule is CCCCOc1nc(NCCC)nc(-n2cccn2)n1. The lowest BCUT2D eigenvalue weighted by molar-refractivity contribution is 0.284. The van der Waals surface area contributed by atoms with Crippen LogP contribution in [0.2, 0.25) is 0 Å². The second-order valence-corrected chi connectivity index (χ2v) is 4.32. The van der Waals surface area contributed by atoms with Gasteiger partial charge in [-0.15, -0.1) is 0 Å². The van der Waals surface area contributed by atoms with Gasteiger partial charge in [0.15, 0.2) is 0 Å². The predicted octanol–water partition coefficient (Wildman–Crippen LogP) is 2.06. The third-order valence-corrected chi connectivity index (χ3v) is 2.57. The Morgan fingerprint density at radius 3 is 2.80 bits per heavy atom. The Kier molecular flexibility index (Phi) is 5.28. The van der Waals surface area contributed by atoms with E-state index in [4.69, 9.17) is 4.74 Å². The molecule has 7 heteroatoms. The Bertz CT molecular complexity index is 514. The van der Waals surface area contributed by atoms with Crippen molar-refractivity contribution >= 4 is 5.95 Å². The molecular formula is C13H20N6O. The molecule has 0 spiro atoms. The second kappa shape index (κ2) is 7.42. The van der Waals surface area contributed by atoms with E-state index in [1.54, 1.807) is 17.1 Å². The summed E-state index contributed by atoms with van der Waals surface area (Å²) in [7, 11) is 0. The van der Waals surface area contributed by atoms with Gasteiger partial charge >= 0.3 is 6.01 Å². The Hall–Kier alpha value is -2.18. The lowest BCUT2D eigenvalue weighted by atomic mass is 10.4. The Labute approximate surface area is 118 Å². The van der Waals surface area contributed by atoms with Gasteiger partial charge in [-0.2, -0.15) is 20.1 Å². The maximum absolute atomic E-state index is 5.56. The summed E-state index contributed by atoms with van der Waals surface area (Å²) in [5.41, 5.74) is 0. The molecule has 0 aliphatic carbocycles. The van der Waals surface area contributed by atoms with Crippen LogP contribution < -0.4 is 10.1 Å². The maximum Gasteiger partial charge on any atom is 0.323 e. The molecule has 0 aliphatic rings. The van der Waals surface area contributed by atoms with E-state index in [0.717, 1.165) is 25.8 Å². The highest BCUT2D eigenvalue weighted by molar-refractivity contribution is 5.29. The zero-order chi connectivity index (χ0) is 14.2. The lowest BCUT2D eigenvalue weighted by Gasteiger charge is -2.08. The van der Waals surface area contributed by atoms with E-state index in [-0.39, 0.29) is 0 Å². The van der Waals surface area contributed by atoms with Crippen molar-refractivity contribution in [1.29, 1.82) is 0 Å². The quantitative estimate of drug-likeness (QED) is 0.744. The number of unbranched alkanes of at least 4 members (excludes halogenated alkanes) is 1. The largest absolute Gasteiger partial charge is 0.463 e. The third kappa shape index (κ3) is 3.91. The van der Waals surface area contributed by atoms with Gasteiger partial charge in [-0.1, -0.05) is 20.3 Å². The van der Waals surface area contributed by atoms with E-state index < -0.39 is 0 Å². The molecule has 0 saturated heterocycles. The van der Waals surface area contributed by atoms with E-state index in [0.29, 0.717) is 24.5 Å². The van der Waals surface area contributed by atoms with Crippen LogP contribution in [0.3, 0.4) is 0 Å². The Balaban J connectivity index is 2.19. The first-order valence-corrected chi connectivity index (χ1v) is 6.96. The van der Waals surface area contributed by atoms with Crippen LogP contribution in [0.15, 0.2) is 18.5 Å². The number of nitrogens with one attached hydrogen (secondary N) is 1. The highest BCUT2D eigenvalue weighted by Crippen LogP contribution is 2.11. The summed E-state index contributed by atoms with van der Waals surface area (Å²) in [6.07, 6.45) is 6.50. The molecule has 0 aromatic carbocycles. The van der Waals surface area contributed by atoms with Crippen molar-refractivity contribution < 1.29 is 4.74 Å². The summed E-state index contributed by atoms with van der Waals surface area (Å²) in [6.45, 7) is 5.60. The monoisotopic (exact) mass is 276 g/mol. The van der Waals surface area contributed by atoms with Crippen molar-refractivity contribution in [2.75, 3.05) is 18.5 Å². The van der Waals surface area contributed by atoms with Gasteiger partial charge in [0.25, 0.3) is 5.95 Å². The summed E-state index contributed by atoms with van der Waals surface area (Å²) >= 11 is 0. The van der Waals surface area contributed by atoms with Gasteiger partial charge in [-0.05, 0) is 18.9 Å². The number of ether oxygens (including phenoxy) is 1. The Morgan fingerprint density at radius 1 is 1.20 bits per heavy atom. The number of rotatable bonds is 8. The molecule has 2 rings (SSSR count). The van der Waals surface area contributed by atoms with Crippen LogP contribution in [0.1, 0.15) is 33.1 Å². The Morgan fingerprint density at radius 2 is 2.10 bits per heavy atom. The van der Waals surface area contributed by atoms with Crippen LogP contribution in [-0.2, 0) is 0 Å². The number of nitrogens with zero attached hydrogens (tertiary/aromatic N) is 5. The molecule has 2 aromatic rings. The van der Waals surface area contributed by atoms with E-state index >= 15 is 0 Å². The zero-order valence-electron chi connectivity index (χ0n) is 11.9. The fourth-order valence-electron chi connectivity index (χ4n) is 1.52. The standard InChI is InChI=1S/C13H20N6O/c1-3-5-10-20-13-17-11(14-7-4-2)16-12(18-13)19-9-6-8-15-19/h6,8-9H,3-5,7,10H2,1-2H3,(H,14,16,17,18). The molecular weight excluding hydrogens is 256 g/mol. The summed E-state index contributed by atoms with van der Waals surface area (Å²) in [5, 5.41) is 7.27. The van der Waals surface area contributed by atoms with E-state index in [2.05, 4.69) is 39.2 Å². The van der Waals surface area contributed by atoms with E-state index in [1.807, 2.05) is 6.07 Å². The van der Waals surface area contributed by atoms with Gasteiger partial charge in [0.1, 0.15) is 0 Å². The molecule has 0 saturated carbocycles. The van der Waals surface area contributed by atoms with Crippen molar-refractivity contribution in [3.05, 3.63) is 18.5 Å². The molecule has 0 bridgehead atoms. The third-order valence-electron chi connectivity index (χ3n) is 2.57. The van der Waals surface area contributed by atoms with Crippen LogP contribution in [0.4, 0.5) is 5.95 Å². The average Bonchev–Trinajstić information content (AvgIpc) is 2.99. The van der Waals surface area contributed by atoms with Crippen LogP contribution >= 0.6 is 0 Å². The number of hydrogen-bond donors (Lipinski definition) is 1. The van der Waals surface area contributed by atoms with Crippen molar-refractivity contribution in [3.63, 3.8) is 0 Å². The molecule has 108 valence electrons. The highest BCUT2D eigenvalue weighted by atomic mass is 16.5. The molecule has 0 amide bonds. The molecule has 1 N–H and O–H groups in total. The van der Waals surface area contributed by atoms with Crippen molar-refractivity contribution in [2.24, 2.45) is 0 Å². The predicted molar refractivity (Wildman–Crippen MR) is 76.1 cm³/mol. The fraction of sp³-hybridized carbons (Fsp3) is 0.538. The van der Waals surface area contributed by atoms with Crippen LogP contribution in [0.5, 0.6) is 6.01 Å². The molecule has 20 heavy (non-hydrogen) atoms. The van der Waals surface area contributed by atoms with Crippen molar-refractivity contribution in [2.45, 2.75) is 33.1 Å². The topological polar surface area (TPSA) is 77.8 Å². The first kappa shape index (κ1) is 14.2. The van der Waals surface area contributed by atoms with Crippen molar-refractivity contribution in [3.8, 4) is 12.0 Å². The maximum atomic E-state index is 5.56. The minimum Gasteiger partial charge on any atom is -0.463 e. The smallest absolute Gasteiger partial charge is 0.323 e. The normalized spacial score (nSPS) is 10.5. The number of aromatic nitrogens is 5. The minimum atomic E-state index is 0.331. The molecule has 0 radical (unpaired) electrons. The van der Waals surface area contributed by atoms with Crippen LogP contribution in [0.25, 0.3) is 5.95 Å². The van der Waals surface area contributed by atoms with Gasteiger partial charge in [-0.3, -0.25) is 0 Å². The molecule has 0 unspecified atom stereocenters. The number of hydrogen-bond acceptors (Lipinski definition) is 6. The summed E-state index contributed by atoms with van der Waals surface area (Å²) in [5.74, 6) is 0.967. The first-order valence-electron chi connectivity index (χ1n) is 6.96. The van der Waals surface area contributed by atoms with Gasteiger partial charge in [0.2, 0.25) is 5.95 Å². The van der Waals surface area contributed by atoms with Crippen molar-refractivity contribution in [1.82, 2.24) is 24.7 Å². The van der Waals surface area contributed by atoms with Crippen LogP contribution in [-0.4, -0.2) is 37.9 Å². The van der Waals surface area contributed by atoms with Gasteiger partial charge in [-0.25, -0.2) is 4.68 Å². The second-order valence-electron chi connectivity index (χ2n) is 4.32. The van der Waals surface area contributed by atoms with E-state index in [9.17, 15) is 0 Å². The lowest BCUT2D eigenvalue weighted by Crippen LogP contribution is -2.12. The molecule has 0 atom stereocenters. The zero-order valence-corrected chi connectivity index (χ0v) is 11.9. The van der Waals surface area contributed by atoms with Gasteiger partial charge in [0.05, 0.1) is 6.61 Å². The average molecular weight is 276 g/mol. The molecule has 2 heterocycles. The molecule has 0 fully saturated rings. The molecule has 7 nitrogen and oxygen atoms in total.